The summed E-state index contributed by atoms with van der Waals surface area (Å²) < 4.78 is 37.3. The third-order valence-electron chi connectivity index (χ3n) is 4.64. The highest BCUT2D eigenvalue weighted by Gasteiger charge is 2.40. The van der Waals surface area contributed by atoms with E-state index in [9.17, 15) is 22.8 Å². The van der Waals surface area contributed by atoms with Crippen LogP contribution < -0.4 is 5.32 Å². The second-order valence-corrected chi connectivity index (χ2v) is 6.45. The molecule has 0 aromatic carbocycles. The summed E-state index contributed by atoms with van der Waals surface area (Å²) in [5.74, 6) is -0.186. The molecule has 0 spiro atoms. The monoisotopic (exact) mass is 335 g/mol. The van der Waals surface area contributed by atoms with Gasteiger partial charge in [0.2, 0.25) is 11.8 Å². The minimum Gasteiger partial charge on any atom is -0.342 e. The number of carbonyl (C=O) groups is 2. The molecule has 2 heterocycles. The molecule has 3 atom stereocenters. The van der Waals surface area contributed by atoms with Gasteiger partial charge >= 0.3 is 6.18 Å². The summed E-state index contributed by atoms with van der Waals surface area (Å²) in [6.45, 7) is 4.03. The van der Waals surface area contributed by atoms with Crippen molar-refractivity contribution >= 4 is 11.8 Å². The van der Waals surface area contributed by atoms with Crippen LogP contribution in [0.5, 0.6) is 0 Å². The summed E-state index contributed by atoms with van der Waals surface area (Å²) >= 11 is 0. The molecule has 2 saturated heterocycles. The van der Waals surface area contributed by atoms with E-state index in [1.807, 2.05) is 18.7 Å². The van der Waals surface area contributed by atoms with Crippen LogP contribution in [0.4, 0.5) is 13.2 Å². The highest BCUT2D eigenvalue weighted by Crippen LogP contribution is 2.23. The van der Waals surface area contributed by atoms with Crippen molar-refractivity contribution in [1.82, 2.24) is 15.1 Å². The van der Waals surface area contributed by atoms with E-state index in [1.54, 1.807) is 0 Å². The van der Waals surface area contributed by atoms with Crippen LogP contribution >= 0.6 is 0 Å². The summed E-state index contributed by atoms with van der Waals surface area (Å²) in [6, 6.07) is -0.492. The largest absolute Gasteiger partial charge is 0.406 e. The zero-order chi connectivity index (χ0) is 17.2. The number of alkyl halides is 3. The van der Waals surface area contributed by atoms with Gasteiger partial charge in [0.05, 0.1) is 6.04 Å². The molecule has 0 radical (unpaired) electrons. The first kappa shape index (κ1) is 18.0. The average molecular weight is 335 g/mol. The van der Waals surface area contributed by atoms with E-state index in [1.165, 1.54) is 0 Å². The van der Waals surface area contributed by atoms with Crippen LogP contribution in [0.1, 0.15) is 33.1 Å². The lowest BCUT2D eigenvalue weighted by molar-refractivity contribution is -0.158. The summed E-state index contributed by atoms with van der Waals surface area (Å²) in [7, 11) is 0. The lowest BCUT2D eigenvalue weighted by Crippen LogP contribution is -2.54. The number of hydrogen-bond acceptors (Lipinski definition) is 3. The van der Waals surface area contributed by atoms with E-state index in [0.717, 1.165) is 11.3 Å². The minimum absolute atomic E-state index is 0.0516. The lowest BCUT2D eigenvalue weighted by atomic mass is 9.92. The Kier molecular flexibility index (Phi) is 5.54. The third kappa shape index (κ3) is 4.59. The highest BCUT2D eigenvalue weighted by atomic mass is 19.4. The van der Waals surface area contributed by atoms with Gasteiger partial charge in [-0.1, -0.05) is 13.8 Å². The number of piperidine rings is 1. The molecule has 2 aliphatic rings. The number of nitrogens with zero attached hydrogens (tertiary/aromatic N) is 2. The zero-order valence-corrected chi connectivity index (χ0v) is 13.5. The molecule has 2 amide bonds. The van der Waals surface area contributed by atoms with Gasteiger partial charge in [-0.25, -0.2) is 0 Å². The second kappa shape index (κ2) is 7.07. The first-order valence-electron chi connectivity index (χ1n) is 8.10. The minimum atomic E-state index is -4.36. The van der Waals surface area contributed by atoms with Crippen molar-refractivity contribution in [1.29, 1.82) is 0 Å². The van der Waals surface area contributed by atoms with E-state index in [0.29, 0.717) is 25.9 Å². The van der Waals surface area contributed by atoms with Crippen molar-refractivity contribution < 1.29 is 22.8 Å². The van der Waals surface area contributed by atoms with E-state index in [2.05, 4.69) is 5.32 Å². The quantitative estimate of drug-likeness (QED) is 0.845. The Morgan fingerprint density at radius 3 is 2.57 bits per heavy atom. The van der Waals surface area contributed by atoms with Crippen molar-refractivity contribution in [3.63, 3.8) is 0 Å². The molecule has 2 aliphatic heterocycles. The molecule has 23 heavy (non-hydrogen) atoms. The molecule has 5 nitrogen and oxygen atoms in total. The highest BCUT2D eigenvalue weighted by molar-refractivity contribution is 5.84. The topological polar surface area (TPSA) is 52.7 Å². The Labute approximate surface area is 134 Å². The summed E-state index contributed by atoms with van der Waals surface area (Å²) in [5.41, 5.74) is 0. The standard InChI is InChI=1S/C15H24F3N3O2/c1-3-13(22)20-6-4-11(10(2)8-20)19-12-5-7-21(14(12)23)9-15(16,17)18/h10-12,19H,3-9H2,1-2H3. The van der Waals surface area contributed by atoms with E-state index < -0.39 is 24.7 Å². The van der Waals surface area contributed by atoms with Gasteiger partial charge in [0.25, 0.3) is 0 Å². The van der Waals surface area contributed by atoms with Crippen LogP contribution in [0.3, 0.4) is 0 Å². The average Bonchev–Trinajstić information content (AvgIpc) is 2.79. The number of hydrogen-bond donors (Lipinski definition) is 1. The summed E-state index contributed by atoms with van der Waals surface area (Å²) in [5, 5.41) is 3.21. The van der Waals surface area contributed by atoms with Gasteiger partial charge in [0.1, 0.15) is 6.54 Å². The van der Waals surface area contributed by atoms with Crippen LogP contribution in [-0.2, 0) is 9.59 Å². The first-order chi connectivity index (χ1) is 10.7. The molecule has 0 aliphatic carbocycles. The predicted molar refractivity (Wildman–Crippen MR) is 78.6 cm³/mol. The number of amides is 2. The van der Waals surface area contributed by atoms with Crippen LogP contribution in [0.25, 0.3) is 0 Å². The van der Waals surface area contributed by atoms with Crippen LogP contribution in [0, 0.1) is 5.92 Å². The van der Waals surface area contributed by atoms with Crippen LogP contribution in [0.2, 0.25) is 0 Å². The number of rotatable bonds is 4. The van der Waals surface area contributed by atoms with Crippen LogP contribution in [-0.4, -0.2) is 66.1 Å². The third-order valence-corrected chi connectivity index (χ3v) is 4.64. The first-order valence-corrected chi connectivity index (χ1v) is 8.10. The fraction of sp³-hybridized carbons (Fsp3) is 0.867. The summed E-state index contributed by atoms with van der Waals surface area (Å²) in [4.78, 5) is 26.5. The molecule has 3 unspecified atom stereocenters. The van der Waals surface area contributed by atoms with E-state index >= 15 is 0 Å². The number of carbonyl (C=O) groups excluding carboxylic acids is 2. The van der Waals surface area contributed by atoms with E-state index in [-0.39, 0.29) is 24.4 Å². The Hall–Kier alpha value is -1.31. The summed E-state index contributed by atoms with van der Waals surface area (Å²) in [6.07, 6.45) is -2.77. The smallest absolute Gasteiger partial charge is 0.342 e. The van der Waals surface area contributed by atoms with Gasteiger partial charge in [0.15, 0.2) is 0 Å². The van der Waals surface area contributed by atoms with Gasteiger partial charge in [-0.05, 0) is 18.8 Å². The molecular weight excluding hydrogens is 311 g/mol. The van der Waals surface area contributed by atoms with Gasteiger partial charge in [-0.15, -0.1) is 0 Å². The van der Waals surface area contributed by atoms with Crippen molar-refractivity contribution in [3.05, 3.63) is 0 Å². The fourth-order valence-electron chi connectivity index (χ4n) is 3.37. The molecule has 0 bridgehead atoms. The molecule has 8 heteroatoms. The molecule has 2 rings (SSSR count). The Morgan fingerprint density at radius 2 is 2.00 bits per heavy atom. The normalized spacial score (nSPS) is 29.3. The SMILES string of the molecule is CCC(=O)N1CCC(NC2CCN(CC(F)(F)F)C2=O)C(C)C1. The van der Waals surface area contributed by atoms with Gasteiger partial charge in [-0.3, -0.25) is 9.59 Å². The van der Waals surface area contributed by atoms with Crippen molar-refractivity contribution in [2.75, 3.05) is 26.2 Å². The molecule has 0 aromatic heterocycles. The molecule has 0 saturated carbocycles. The molecular formula is C15H24F3N3O2. The predicted octanol–water partition coefficient (Wildman–Crippen LogP) is 1.39. The maximum absolute atomic E-state index is 12.4. The van der Waals surface area contributed by atoms with Crippen LogP contribution in [0.15, 0.2) is 0 Å². The maximum atomic E-state index is 12.4. The van der Waals surface area contributed by atoms with Crippen molar-refractivity contribution in [2.24, 2.45) is 5.92 Å². The molecule has 1 N–H and O–H groups in total. The number of likely N-dealkylation sites (tertiary alicyclic amines) is 2. The maximum Gasteiger partial charge on any atom is 0.406 e. The van der Waals surface area contributed by atoms with Gasteiger partial charge in [0, 0.05) is 32.1 Å². The molecule has 132 valence electrons. The fourth-order valence-corrected chi connectivity index (χ4v) is 3.37. The van der Waals surface area contributed by atoms with Gasteiger partial charge in [-0.2, -0.15) is 13.2 Å². The van der Waals surface area contributed by atoms with E-state index in [4.69, 9.17) is 0 Å². The van der Waals surface area contributed by atoms with Crippen molar-refractivity contribution in [2.45, 2.75) is 51.4 Å². The molecule has 2 fully saturated rings. The lowest BCUT2D eigenvalue weighted by Gasteiger charge is -2.38. The second-order valence-electron chi connectivity index (χ2n) is 6.45. The number of nitrogens with one attached hydrogen (secondary N) is 1. The van der Waals surface area contributed by atoms with Crippen molar-refractivity contribution in [3.8, 4) is 0 Å². The Balaban J connectivity index is 1.86. The Morgan fingerprint density at radius 1 is 1.30 bits per heavy atom. The number of halogens is 3. The van der Waals surface area contributed by atoms with Gasteiger partial charge < -0.3 is 15.1 Å². The zero-order valence-electron chi connectivity index (χ0n) is 13.5. The molecule has 0 aromatic rings. The Bertz CT molecular complexity index is 456.